The summed E-state index contributed by atoms with van der Waals surface area (Å²) < 4.78 is 10.5. The van der Waals surface area contributed by atoms with E-state index in [2.05, 4.69) is 13.8 Å². The van der Waals surface area contributed by atoms with Crippen LogP contribution < -0.4 is 0 Å². The Morgan fingerprint density at radius 3 is 1.70 bits per heavy atom. The Labute approximate surface area is 142 Å². The molecule has 0 amide bonds. The molecule has 0 radical (unpaired) electrons. The van der Waals surface area contributed by atoms with Crippen LogP contribution in [0.5, 0.6) is 0 Å². The molecule has 0 rings (SSSR count). The molecule has 0 aromatic rings. The number of carbonyl (C=O) groups is 2. The molecule has 136 valence electrons. The Bertz CT molecular complexity index is 323. The van der Waals surface area contributed by atoms with Crippen molar-refractivity contribution in [2.24, 2.45) is 11.8 Å². The molecule has 23 heavy (non-hydrogen) atoms. The van der Waals surface area contributed by atoms with E-state index in [0.29, 0.717) is 31.3 Å². The van der Waals surface area contributed by atoms with Crippen LogP contribution in [-0.4, -0.2) is 24.6 Å². The Morgan fingerprint density at radius 1 is 0.739 bits per heavy atom. The Hall–Kier alpha value is -1.06. The number of carbonyl (C=O) groups excluding carboxylic acids is 2. The zero-order valence-corrected chi connectivity index (χ0v) is 15.7. The van der Waals surface area contributed by atoms with Crippen molar-refractivity contribution in [1.82, 2.24) is 0 Å². The minimum Gasteiger partial charge on any atom is -0.465 e. The van der Waals surface area contributed by atoms with Gasteiger partial charge in [-0.15, -0.1) is 0 Å². The third-order valence-electron chi connectivity index (χ3n) is 3.85. The fourth-order valence-electron chi connectivity index (χ4n) is 1.98. The monoisotopic (exact) mass is 328 g/mol. The molecule has 0 saturated carbocycles. The maximum atomic E-state index is 11.6. The Balaban J connectivity index is 3.40. The molecule has 0 aliphatic rings. The van der Waals surface area contributed by atoms with Crippen molar-refractivity contribution in [3.63, 3.8) is 0 Å². The van der Waals surface area contributed by atoms with Crippen LogP contribution >= 0.6 is 0 Å². The first-order chi connectivity index (χ1) is 10.8. The summed E-state index contributed by atoms with van der Waals surface area (Å²) in [7, 11) is 0. The predicted octanol–water partition coefficient (Wildman–Crippen LogP) is 4.89. The molecule has 0 aliphatic carbocycles. The van der Waals surface area contributed by atoms with Gasteiger partial charge in [0.1, 0.15) is 6.10 Å². The van der Waals surface area contributed by atoms with Gasteiger partial charge in [-0.25, -0.2) is 0 Å². The summed E-state index contributed by atoms with van der Waals surface area (Å²) in [4.78, 5) is 23.0. The Morgan fingerprint density at radius 2 is 1.22 bits per heavy atom. The number of unbranched alkanes of at least 4 members (excludes halogenated alkanes) is 5. The van der Waals surface area contributed by atoms with Gasteiger partial charge in [0.15, 0.2) is 0 Å². The molecular formula is C19H36O4. The number of rotatable bonds is 13. The zero-order valence-electron chi connectivity index (χ0n) is 15.7. The molecule has 0 bridgehead atoms. The van der Waals surface area contributed by atoms with Crippen molar-refractivity contribution in [2.45, 2.75) is 92.1 Å². The first-order valence-corrected chi connectivity index (χ1v) is 9.18. The number of ether oxygens (including phenoxy) is 2. The molecule has 0 heterocycles. The molecule has 1 unspecified atom stereocenters. The molecule has 0 aromatic heterocycles. The summed E-state index contributed by atoms with van der Waals surface area (Å²) >= 11 is 0. The van der Waals surface area contributed by atoms with Gasteiger partial charge in [-0.05, 0) is 31.6 Å². The maximum absolute atomic E-state index is 11.6. The lowest BCUT2D eigenvalue weighted by Gasteiger charge is -2.16. The third-order valence-corrected chi connectivity index (χ3v) is 3.85. The Kier molecular flexibility index (Phi) is 12.8. The first kappa shape index (κ1) is 21.9. The van der Waals surface area contributed by atoms with Crippen LogP contribution in [0.25, 0.3) is 0 Å². The van der Waals surface area contributed by atoms with Gasteiger partial charge >= 0.3 is 11.9 Å². The van der Waals surface area contributed by atoms with Crippen molar-refractivity contribution < 1.29 is 19.1 Å². The predicted molar refractivity (Wildman–Crippen MR) is 93.1 cm³/mol. The van der Waals surface area contributed by atoms with Crippen LogP contribution in [0.3, 0.4) is 0 Å². The van der Waals surface area contributed by atoms with E-state index in [4.69, 9.17) is 9.47 Å². The molecule has 0 aromatic carbocycles. The van der Waals surface area contributed by atoms with Crippen LogP contribution in [0, 0.1) is 11.8 Å². The van der Waals surface area contributed by atoms with Gasteiger partial charge in [-0.1, -0.05) is 53.4 Å². The van der Waals surface area contributed by atoms with E-state index in [1.54, 1.807) is 0 Å². The van der Waals surface area contributed by atoms with Gasteiger partial charge in [0, 0.05) is 12.8 Å². The van der Waals surface area contributed by atoms with Crippen LogP contribution in [0.2, 0.25) is 0 Å². The molecule has 0 aliphatic heterocycles. The SMILES string of the molecule is CC(C)COC(=O)CCCCCCCCC(=O)OC(C)C(C)C. The van der Waals surface area contributed by atoms with Crippen molar-refractivity contribution in [3.8, 4) is 0 Å². The first-order valence-electron chi connectivity index (χ1n) is 9.18. The lowest BCUT2D eigenvalue weighted by molar-refractivity contribution is -0.150. The zero-order chi connectivity index (χ0) is 17.7. The van der Waals surface area contributed by atoms with Crippen molar-refractivity contribution in [2.75, 3.05) is 6.61 Å². The van der Waals surface area contributed by atoms with E-state index in [9.17, 15) is 9.59 Å². The highest BCUT2D eigenvalue weighted by Gasteiger charge is 2.12. The van der Waals surface area contributed by atoms with Gasteiger partial charge in [-0.3, -0.25) is 9.59 Å². The van der Waals surface area contributed by atoms with Gasteiger partial charge in [0.05, 0.1) is 6.61 Å². The average Bonchev–Trinajstić information content (AvgIpc) is 2.47. The molecule has 1 atom stereocenters. The van der Waals surface area contributed by atoms with Gasteiger partial charge < -0.3 is 9.47 Å². The van der Waals surface area contributed by atoms with Crippen molar-refractivity contribution >= 4 is 11.9 Å². The average molecular weight is 328 g/mol. The summed E-state index contributed by atoms with van der Waals surface area (Å²) in [5.41, 5.74) is 0. The van der Waals surface area contributed by atoms with Crippen molar-refractivity contribution in [3.05, 3.63) is 0 Å². The molecule has 4 nitrogen and oxygen atoms in total. The fraction of sp³-hybridized carbons (Fsp3) is 0.895. The van der Waals surface area contributed by atoms with Crippen molar-refractivity contribution in [1.29, 1.82) is 0 Å². The van der Waals surface area contributed by atoms with E-state index >= 15 is 0 Å². The van der Waals surface area contributed by atoms with Crippen LogP contribution in [0.1, 0.15) is 86.0 Å². The van der Waals surface area contributed by atoms with Crippen LogP contribution in [-0.2, 0) is 19.1 Å². The highest BCUT2D eigenvalue weighted by atomic mass is 16.5. The van der Waals surface area contributed by atoms with E-state index < -0.39 is 0 Å². The summed E-state index contributed by atoms with van der Waals surface area (Å²) in [5, 5.41) is 0. The van der Waals surface area contributed by atoms with Gasteiger partial charge in [0.2, 0.25) is 0 Å². The maximum Gasteiger partial charge on any atom is 0.306 e. The fourth-order valence-corrected chi connectivity index (χ4v) is 1.98. The second kappa shape index (κ2) is 13.4. The molecule has 0 fully saturated rings. The van der Waals surface area contributed by atoms with E-state index in [1.165, 1.54) is 0 Å². The summed E-state index contributed by atoms with van der Waals surface area (Å²) in [5.74, 6) is 0.597. The second-order valence-electron chi connectivity index (χ2n) is 7.14. The molecule has 4 heteroatoms. The minimum absolute atomic E-state index is 0.00190. The summed E-state index contributed by atoms with van der Waals surface area (Å²) in [6.07, 6.45) is 7.12. The van der Waals surface area contributed by atoms with Gasteiger partial charge in [0.25, 0.3) is 0 Å². The largest absolute Gasteiger partial charge is 0.465 e. The quantitative estimate of drug-likeness (QED) is 0.356. The smallest absolute Gasteiger partial charge is 0.306 e. The summed E-state index contributed by atoms with van der Waals surface area (Å²) in [6.45, 7) is 10.6. The topological polar surface area (TPSA) is 52.6 Å². The minimum atomic E-state index is -0.0842. The lowest BCUT2D eigenvalue weighted by atomic mass is 10.1. The summed E-state index contributed by atoms with van der Waals surface area (Å²) in [6, 6.07) is 0. The second-order valence-corrected chi connectivity index (χ2v) is 7.14. The number of hydrogen-bond acceptors (Lipinski definition) is 4. The van der Waals surface area contributed by atoms with Gasteiger partial charge in [-0.2, -0.15) is 0 Å². The molecule has 0 N–H and O–H groups in total. The highest BCUT2D eigenvalue weighted by Crippen LogP contribution is 2.11. The number of hydrogen-bond donors (Lipinski definition) is 0. The normalized spacial score (nSPS) is 12.5. The van der Waals surface area contributed by atoms with E-state index in [1.807, 2.05) is 20.8 Å². The van der Waals surface area contributed by atoms with Crippen LogP contribution in [0.15, 0.2) is 0 Å². The molecule has 0 spiro atoms. The van der Waals surface area contributed by atoms with E-state index in [0.717, 1.165) is 38.5 Å². The lowest BCUT2D eigenvalue weighted by Crippen LogP contribution is -2.19. The standard InChI is InChI=1S/C19H36O4/c1-15(2)14-22-18(20)12-10-8-6-7-9-11-13-19(21)23-17(5)16(3)4/h15-17H,6-14H2,1-5H3. The van der Waals surface area contributed by atoms with Crippen LogP contribution in [0.4, 0.5) is 0 Å². The third kappa shape index (κ3) is 14.3. The molecular weight excluding hydrogens is 292 g/mol. The number of esters is 2. The van der Waals surface area contributed by atoms with E-state index in [-0.39, 0.29) is 18.0 Å². The molecule has 0 saturated heterocycles. The highest BCUT2D eigenvalue weighted by molar-refractivity contribution is 5.69.